The van der Waals surface area contributed by atoms with E-state index in [0.29, 0.717) is 11.3 Å². The number of carbonyl (C=O) groups excluding carboxylic acids is 1. The van der Waals surface area contributed by atoms with Crippen molar-refractivity contribution in [2.45, 2.75) is 11.8 Å². The van der Waals surface area contributed by atoms with Gasteiger partial charge >= 0.3 is 0 Å². The minimum Gasteiger partial charge on any atom is -0.497 e. The van der Waals surface area contributed by atoms with Crippen LogP contribution in [0.1, 0.15) is 15.9 Å². The van der Waals surface area contributed by atoms with Crippen molar-refractivity contribution in [3.05, 3.63) is 59.7 Å². The second-order valence-electron chi connectivity index (χ2n) is 5.63. The number of carbonyl (C=O) groups is 1. The summed E-state index contributed by atoms with van der Waals surface area (Å²) in [6.45, 7) is 2.28. The molecule has 0 saturated carbocycles. The monoisotopic (exact) mass is 362 g/mol. The number of rotatable bonds is 7. The van der Waals surface area contributed by atoms with Gasteiger partial charge in [0.2, 0.25) is 10.0 Å². The predicted octanol–water partition coefficient (Wildman–Crippen LogP) is 2.05. The average molecular weight is 362 g/mol. The summed E-state index contributed by atoms with van der Waals surface area (Å²) < 4.78 is 31.2. The van der Waals surface area contributed by atoms with Crippen LogP contribution >= 0.6 is 0 Å². The van der Waals surface area contributed by atoms with Gasteiger partial charge in [-0.1, -0.05) is 23.8 Å². The number of methoxy groups -OCH3 is 1. The standard InChI is InChI=1S/C18H22N2O4S/c1-14-7-9-17(10-8-14)25(22,23)20(2)12-11-19-18(21)15-5-4-6-16(13-15)24-3/h4-10,13H,11-12H2,1-3H3,(H,19,21). The van der Waals surface area contributed by atoms with Gasteiger partial charge < -0.3 is 10.1 Å². The molecular weight excluding hydrogens is 340 g/mol. The van der Waals surface area contributed by atoms with E-state index in [4.69, 9.17) is 4.74 Å². The van der Waals surface area contributed by atoms with Gasteiger partial charge in [-0.15, -0.1) is 0 Å². The van der Waals surface area contributed by atoms with Crippen LogP contribution in [-0.2, 0) is 10.0 Å². The molecule has 0 aliphatic rings. The number of nitrogens with one attached hydrogen (secondary N) is 1. The zero-order valence-corrected chi connectivity index (χ0v) is 15.3. The average Bonchev–Trinajstić information content (AvgIpc) is 2.61. The third-order valence-corrected chi connectivity index (χ3v) is 5.64. The topological polar surface area (TPSA) is 75.7 Å². The summed E-state index contributed by atoms with van der Waals surface area (Å²) in [4.78, 5) is 12.4. The van der Waals surface area contributed by atoms with Gasteiger partial charge in [0.15, 0.2) is 0 Å². The Labute approximate surface area is 148 Å². The van der Waals surface area contributed by atoms with E-state index < -0.39 is 10.0 Å². The maximum atomic E-state index is 12.5. The summed E-state index contributed by atoms with van der Waals surface area (Å²) in [6, 6.07) is 13.4. The molecule has 134 valence electrons. The number of nitrogens with zero attached hydrogens (tertiary/aromatic N) is 1. The summed E-state index contributed by atoms with van der Waals surface area (Å²) in [7, 11) is -0.544. The Balaban J connectivity index is 1.94. The molecule has 0 radical (unpaired) electrons. The number of amides is 1. The van der Waals surface area contributed by atoms with E-state index in [1.807, 2.05) is 6.92 Å². The summed E-state index contributed by atoms with van der Waals surface area (Å²) in [5.74, 6) is 0.312. The van der Waals surface area contributed by atoms with E-state index >= 15 is 0 Å². The lowest BCUT2D eigenvalue weighted by atomic mass is 10.2. The van der Waals surface area contributed by atoms with Crippen LogP contribution in [0.15, 0.2) is 53.4 Å². The maximum Gasteiger partial charge on any atom is 0.251 e. The Kier molecular flexibility index (Phi) is 6.17. The van der Waals surface area contributed by atoms with Crippen LogP contribution < -0.4 is 10.1 Å². The van der Waals surface area contributed by atoms with E-state index in [0.717, 1.165) is 5.56 Å². The molecule has 0 atom stereocenters. The highest BCUT2D eigenvalue weighted by molar-refractivity contribution is 7.89. The van der Waals surface area contributed by atoms with Gasteiger partial charge in [0.1, 0.15) is 5.75 Å². The second-order valence-corrected chi connectivity index (χ2v) is 7.67. The summed E-state index contributed by atoms with van der Waals surface area (Å²) in [6.07, 6.45) is 0. The molecule has 7 heteroatoms. The molecule has 1 N–H and O–H groups in total. The molecule has 25 heavy (non-hydrogen) atoms. The van der Waals surface area contributed by atoms with Crippen LogP contribution in [0.3, 0.4) is 0 Å². The highest BCUT2D eigenvalue weighted by atomic mass is 32.2. The molecule has 6 nitrogen and oxygen atoms in total. The van der Waals surface area contributed by atoms with Crippen molar-refractivity contribution in [3.63, 3.8) is 0 Å². The molecule has 0 saturated heterocycles. The van der Waals surface area contributed by atoms with Gasteiger partial charge in [-0.2, -0.15) is 4.31 Å². The maximum absolute atomic E-state index is 12.5. The Morgan fingerprint density at radius 1 is 1.16 bits per heavy atom. The van der Waals surface area contributed by atoms with Crippen LogP contribution in [0.4, 0.5) is 0 Å². The van der Waals surface area contributed by atoms with Crippen LogP contribution in [0.2, 0.25) is 0 Å². The quantitative estimate of drug-likeness (QED) is 0.818. The van der Waals surface area contributed by atoms with Crippen molar-refractivity contribution in [3.8, 4) is 5.75 Å². The lowest BCUT2D eigenvalue weighted by Crippen LogP contribution is -2.36. The molecule has 1 amide bonds. The Bertz CT molecular complexity index is 832. The van der Waals surface area contributed by atoms with Crippen molar-refractivity contribution in [2.24, 2.45) is 0 Å². The van der Waals surface area contributed by atoms with E-state index in [2.05, 4.69) is 5.32 Å². The second kappa shape index (κ2) is 8.13. The third-order valence-electron chi connectivity index (χ3n) is 3.77. The summed E-state index contributed by atoms with van der Waals surface area (Å²) >= 11 is 0. The highest BCUT2D eigenvalue weighted by Crippen LogP contribution is 2.15. The van der Waals surface area contributed by atoms with Gasteiger partial charge in [0.25, 0.3) is 5.91 Å². The first-order valence-corrected chi connectivity index (χ1v) is 9.24. The van der Waals surface area contributed by atoms with Crippen LogP contribution in [-0.4, -0.2) is 45.9 Å². The SMILES string of the molecule is COc1cccc(C(=O)NCCN(C)S(=O)(=O)c2ccc(C)cc2)c1. The molecule has 0 heterocycles. The normalized spacial score (nSPS) is 11.4. The fourth-order valence-corrected chi connectivity index (χ4v) is 3.38. The lowest BCUT2D eigenvalue weighted by molar-refractivity contribution is 0.0952. The minimum atomic E-state index is -3.57. The molecule has 2 aromatic carbocycles. The molecular formula is C18H22N2O4S. The van der Waals surface area contributed by atoms with E-state index in [1.54, 1.807) is 48.5 Å². The molecule has 2 rings (SSSR count). The number of hydrogen-bond acceptors (Lipinski definition) is 4. The highest BCUT2D eigenvalue weighted by Gasteiger charge is 2.20. The number of aryl methyl sites for hydroxylation is 1. The van der Waals surface area contributed by atoms with E-state index in [9.17, 15) is 13.2 Å². The van der Waals surface area contributed by atoms with Gasteiger partial charge in [0, 0.05) is 25.7 Å². The van der Waals surface area contributed by atoms with Crippen molar-refractivity contribution in [1.29, 1.82) is 0 Å². The molecule has 0 aliphatic heterocycles. The number of benzene rings is 2. The smallest absolute Gasteiger partial charge is 0.251 e. The fraction of sp³-hybridized carbons (Fsp3) is 0.278. The van der Waals surface area contributed by atoms with Crippen molar-refractivity contribution in [2.75, 3.05) is 27.2 Å². The van der Waals surface area contributed by atoms with E-state index in [-0.39, 0.29) is 23.9 Å². The van der Waals surface area contributed by atoms with Crippen LogP contribution in [0.5, 0.6) is 5.75 Å². The first-order valence-electron chi connectivity index (χ1n) is 7.80. The van der Waals surface area contributed by atoms with Gasteiger partial charge in [0.05, 0.1) is 12.0 Å². The molecule has 2 aromatic rings. The molecule has 0 bridgehead atoms. The van der Waals surface area contributed by atoms with Gasteiger partial charge in [-0.05, 0) is 37.3 Å². The first kappa shape index (κ1) is 19.0. The van der Waals surface area contributed by atoms with Crippen LogP contribution in [0.25, 0.3) is 0 Å². The number of sulfonamides is 1. The molecule has 0 spiro atoms. The Hall–Kier alpha value is -2.38. The van der Waals surface area contributed by atoms with Crippen LogP contribution in [0, 0.1) is 6.92 Å². The number of ether oxygens (including phenoxy) is 1. The zero-order valence-electron chi connectivity index (χ0n) is 14.5. The summed E-state index contributed by atoms with van der Waals surface area (Å²) in [5.41, 5.74) is 1.45. The van der Waals surface area contributed by atoms with Gasteiger partial charge in [-0.25, -0.2) is 8.42 Å². The van der Waals surface area contributed by atoms with Crippen molar-refractivity contribution in [1.82, 2.24) is 9.62 Å². The summed E-state index contributed by atoms with van der Waals surface area (Å²) in [5, 5.41) is 2.71. The van der Waals surface area contributed by atoms with Crippen molar-refractivity contribution >= 4 is 15.9 Å². The number of hydrogen-bond donors (Lipinski definition) is 1. The third kappa shape index (κ3) is 4.80. The fourth-order valence-electron chi connectivity index (χ4n) is 2.20. The first-order chi connectivity index (χ1) is 11.8. The van der Waals surface area contributed by atoms with E-state index in [1.165, 1.54) is 18.5 Å². The lowest BCUT2D eigenvalue weighted by Gasteiger charge is -2.17. The molecule has 0 fully saturated rings. The van der Waals surface area contributed by atoms with Crippen molar-refractivity contribution < 1.29 is 17.9 Å². The number of likely N-dealkylation sites (N-methyl/N-ethyl adjacent to an activating group) is 1. The predicted molar refractivity (Wildman–Crippen MR) is 96.3 cm³/mol. The Morgan fingerprint density at radius 3 is 2.48 bits per heavy atom. The largest absolute Gasteiger partial charge is 0.497 e. The van der Waals surface area contributed by atoms with Gasteiger partial charge in [-0.3, -0.25) is 4.79 Å². The molecule has 0 unspecified atom stereocenters. The zero-order chi connectivity index (χ0) is 18.4. The molecule has 0 aromatic heterocycles. The molecule has 0 aliphatic carbocycles. The Morgan fingerprint density at radius 2 is 1.84 bits per heavy atom. The minimum absolute atomic E-state index is 0.173.